The number of likely N-dealkylation sites (tertiary alicyclic amines) is 1. The summed E-state index contributed by atoms with van der Waals surface area (Å²) in [4.78, 5) is 25.8. The molecule has 0 bridgehead atoms. The molecule has 1 aliphatic heterocycles. The van der Waals surface area contributed by atoms with E-state index in [2.05, 4.69) is 15.5 Å². The van der Waals surface area contributed by atoms with Crippen molar-refractivity contribution in [3.05, 3.63) is 28.2 Å². The maximum atomic E-state index is 12.1. The maximum Gasteiger partial charge on any atom is 0.451 e. The van der Waals surface area contributed by atoms with E-state index in [1.165, 1.54) is 0 Å². The molecule has 1 aliphatic rings. The zero-order chi connectivity index (χ0) is 23.0. The van der Waals surface area contributed by atoms with Gasteiger partial charge in [-0.05, 0) is 50.3 Å². The number of unbranched alkanes of at least 4 members (excludes halogenated alkanes) is 1. The fraction of sp³-hybridized carbons (Fsp3) is 0.579. The van der Waals surface area contributed by atoms with Gasteiger partial charge in [-0.3, -0.25) is 9.69 Å². The Morgan fingerprint density at radius 2 is 1.84 bits per heavy atom. The number of amides is 2. The number of anilines is 1. The number of aliphatic carboxylic acids is 1. The number of carbonyl (C=O) groups is 2. The molecule has 7 N–H and O–H groups in total. The van der Waals surface area contributed by atoms with Crippen molar-refractivity contribution in [3.63, 3.8) is 0 Å². The van der Waals surface area contributed by atoms with Gasteiger partial charge in [-0.1, -0.05) is 36.0 Å². The van der Waals surface area contributed by atoms with Crippen LogP contribution in [0.3, 0.4) is 0 Å². The lowest BCUT2D eigenvalue weighted by Gasteiger charge is -2.40. The van der Waals surface area contributed by atoms with Crippen molar-refractivity contribution in [1.29, 1.82) is 0 Å². The minimum Gasteiger partial charge on any atom is -0.480 e. The van der Waals surface area contributed by atoms with E-state index in [9.17, 15) is 14.7 Å². The van der Waals surface area contributed by atoms with Crippen LogP contribution in [0, 0.1) is 0 Å². The second-order valence-corrected chi connectivity index (χ2v) is 8.79. The van der Waals surface area contributed by atoms with Crippen molar-refractivity contribution in [3.8, 4) is 0 Å². The monoisotopic (exact) mass is 474 g/mol. The number of hydrogen-bond acceptors (Lipinski definition) is 6. The van der Waals surface area contributed by atoms with Crippen LogP contribution in [0.1, 0.15) is 32.1 Å². The lowest BCUT2D eigenvalue weighted by molar-refractivity contribution is -0.144. The first-order valence-corrected chi connectivity index (χ1v) is 11.0. The van der Waals surface area contributed by atoms with Crippen LogP contribution in [0.2, 0.25) is 16.4 Å². The molecule has 1 aromatic rings. The molecule has 2 amide bonds. The van der Waals surface area contributed by atoms with Gasteiger partial charge in [0.1, 0.15) is 5.54 Å². The molecule has 1 saturated heterocycles. The minimum atomic E-state index is -1.38. The average Bonchev–Trinajstić information content (AvgIpc) is 2.65. The first kappa shape index (κ1) is 25.7. The molecule has 9 nitrogen and oxygen atoms in total. The van der Waals surface area contributed by atoms with Crippen LogP contribution in [-0.2, 0) is 4.79 Å². The van der Waals surface area contributed by atoms with Crippen LogP contribution in [0.4, 0.5) is 10.5 Å². The van der Waals surface area contributed by atoms with Gasteiger partial charge in [-0.15, -0.1) is 0 Å². The molecule has 172 valence electrons. The highest BCUT2D eigenvalue weighted by atomic mass is 35.5. The summed E-state index contributed by atoms with van der Waals surface area (Å²) in [6.07, 6.45) is 2.46. The summed E-state index contributed by atoms with van der Waals surface area (Å²) < 4.78 is 0. The highest BCUT2D eigenvalue weighted by Crippen LogP contribution is 2.25. The molecule has 12 heteroatoms. The van der Waals surface area contributed by atoms with Crippen LogP contribution in [0.5, 0.6) is 0 Å². The number of nitrogens with two attached hydrogens (primary N) is 1. The van der Waals surface area contributed by atoms with E-state index < -0.39 is 18.6 Å². The Kier molecular flexibility index (Phi) is 9.86. The number of hydrogen-bond donors (Lipinski definition) is 6. The van der Waals surface area contributed by atoms with Gasteiger partial charge in [0.05, 0.1) is 16.1 Å². The molecule has 1 heterocycles. The van der Waals surface area contributed by atoms with Gasteiger partial charge >= 0.3 is 19.1 Å². The Morgan fingerprint density at radius 3 is 2.45 bits per heavy atom. The third kappa shape index (κ3) is 8.48. The number of carboxylic acids is 1. The third-order valence-electron chi connectivity index (χ3n) is 5.33. The molecular weight excluding hydrogens is 446 g/mol. The molecular formula is C19H29BCl2N4O5. The van der Waals surface area contributed by atoms with Gasteiger partial charge in [0.2, 0.25) is 0 Å². The standard InChI is InChI=1S/C19H29BCl2N4O5/c21-15-5-4-13(10-16(15)22)24-18(29)25-14-11-26(12-14)9-3-7-19(23,17(27)28)6-1-2-8-20(30)31/h4-5,10,14,30-31H,1-3,6-9,11-12,23H2,(H,27,28)(H2,24,25,29). The van der Waals surface area contributed by atoms with E-state index in [0.717, 1.165) is 0 Å². The summed E-state index contributed by atoms with van der Waals surface area (Å²) in [5, 5.41) is 33.5. The van der Waals surface area contributed by atoms with E-state index in [-0.39, 0.29) is 24.8 Å². The Morgan fingerprint density at radius 1 is 1.16 bits per heavy atom. The van der Waals surface area contributed by atoms with E-state index >= 15 is 0 Å². The minimum absolute atomic E-state index is 0.00906. The first-order valence-electron chi connectivity index (χ1n) is 10.2. The summed E-state index contributed by atoms with van der Waals surface area (Å²) in [6.45, 7) is 2.04. The topological polar surface area (TPSA) is 148 Å². The molecule has 0 radical (unpaired) electrons. The lowest BCUT2D eigenvalue weighted by atomic mass is 9.81. The van der Waals surface area contributed by atoms with Crippen molar-refractivity contribution in [2.24, 2.45) is 5.73 Å². The van der Waals surface area contributed by atoms with Crippen molar-refractivity contribution in [2.45, 2.75) is 50.0 Å². The van der Waals surface area contributed by atoms with Crippen LogP contribution >= 0.6 is 23.2 Å². The second kappa shape index (κ2) is 11.9. The van der Waals surface area contributed by atoms with Crippen molar-refractivity contribution >= 4 is 48.0 Å². The fourth-order valence-electron chi connectivity index (χ4n) is 3.49. The molecule has 31 heavy (non-hydrogen) atoms. The maximum absolute atomic E-state index is 12.1. The number of halogens is 2. The molecule has 0 aromatic heterocycles. The van der Waals surface area contributed by atoms with Crippen LogP contribution in [0.25, 0.3) is 0 Å². The largest absolute Gasteiger partial charge is 0.480 e. The van der Waals surface area contributed by atoms with Gasteiger partial charge in [-0.25, -0.2) is 4.79 Å². The van der Waals surface area contributed by atoms with Crippen LogP contribution < -0.4 is 16.4 Å². The van der Waals surface area contributed by atoms with E-state index in [1.54, 1.807) is 18.2 Å². The smallest absolute Gasteiger partial charge is 0.451 e. The average molecular weight is 475 g/mol. The van der Waals surface area contributed by atoms with Gasteiger partial charge in [0.25, 0.3) is 0 Å². The Bertz CT molecular complexity index is 767. The molecule has 1 unspecified atom stereocenters. The summed E-state index contributed by atoms with van der Waals surface area (Å²) >= 11 is 11.8. The van der Waals surface area contributed by atoms with E-state index in [1.807, 2.05) is 0 Å². The number of carbonyl (C=O) groups excluding carboxylic acids is 1. The van der Waals surface area contributed by atoms with Crippen LogP contribution in [0.15, 0.2) is 18.2 Å². The lowest BCUT2D eigenvalue weighted by Crippen LogP contribution is -2.60. The van der Waals surface area contributed by atoms with Gasteiger partial charge in [0, 0.05) is 18.8 Å². The number of carboxylic acid groups (broad SMARTS) is 1. The molecule has 1 aromatic carbocycles. The predicted octanol–water partition coefficient (Wildman–Crippen LogP) is 2.00. The first-order chi connectivity index (χ1) is 14.6. The van der Waals surface area contributed by atoms with Crippen molar-refractivity contribution in [1.82, 2.24) is 10.2 Å². The third-order valence-corrected chi connectivity index (χ3v) is 6.07. The number of nitrogens with zero attached hydrogens (tertiary/aromatic N) is 1. The quantitative estimate of drug-likeness (QED) is 0.200. The molecule has 0 saturated carbocycles. The number of benzene rings is 1. The van der Waals surface area contributed by atoms with E-state index in [4.69, 9.17) is 39.0 Å². The predicted molar refractivity (Wildman–Crippen MR) is 121 cm³/mol. The Balaban J connectivity index is 1.64. The Labute approximate surface area is 192 Å². The highest BCUT2D eigenvalue weighted by Gasteiger charge is 2.34. The SMILES string of the molecule is NC(CCCCB(O)O)(CCCN1CC(NC(=O)Nc2ccc(Cl)c(Cl)c2)C1)C(=O)O. The molecule has 2 rings (SSSR count). The summed E-state index contributed by atoms with van der Waals surface area (Å²) in [5.41, 5.74) is 5.29. The summed E-state index contributed by atoms with van der Waals surface area (Å²) in [7, 11) is -1.38. The molecule has 0 spiro atoms. The zero-order valence-electron chi connectivity index (χ0n) is 17.2. The summed E-state index contributed by atoms with van der Waals surface area (Å²) in [5.74, 6) is -1.04. The highest BCUT2D eigenvalue weighted by molar-refractivity contribution is 6.42. The number of rotatable bonds is 12. The Hall–Kier alpha value is -1.56. The second-order valence-electron chi connectivity index (χ2n) is 7.98. The molecule has 0 aliphatic carbocycles. The van der Waals surface area contributed by atoms with Gasteiger partial charge < -0.3 is 31.5 Å². The normalized spacial score (nSPS) is 16.3. The summed E-state index contributed by atoms with van der Waals surface area (Å²) in [6, 6.07) is 4.52. The molecule has 1 atom stereocenters. The van der Waals surface area contributed by atoms with Crippen LogP contribution in [-0.4, -0.2) is 70.4 Å². The van der Waals surface area contributed by atoms with Gasteiger partial charge in [-0.2, -0.15) is 0 Å². The van der Waals surface area contributed by atoms with Crippen molar-refractivity contribution < 1.29 is 24.7 Å². The number of urea groups is 1. The number of nitrogens with one attached hydrogen (secondary N) is 2. The van der Waals surface area contributed by atoms with E-state index in [0.29, 0.717) is 61.1 Å². The van der Waals surface area contributed by atoms with Crippen molar-refractivity contribution in [2.75, 3.05) is 25.0 Å². The molecule has 1 fully saturated rings. The van der Waals surface area contributed by atoms with Gasteiger partial charge in [0.15, 0.2) is 0 Å². The zero-order valence-corrected chi connectivity index (χ0v) is 18.7. The fourth-order valence-corrected chi connectivity index (χ4v) is 3.79.